The Labute approximate surface area is 131 Å². The molecule has 0 spiro atoms. The molecule has 5 nitrogen and oxygen atoms in total. The van der Waals surface area contributed by atoms with Crippen molar-refractivity contribution in [1.82, 2.24) is 5.32 Å². The van der Waals surface area contributed by atoms with Gasteiger partial charge >= 0.3 is 0 Å². The quantitative estimate of drug-likeness (QED) is 0.787. The molecular formula is C17H25NO4. The Morgan fingerprint density at radius 2 is 2.00 bits per heavy atom. The van der Waals surface area contributed by atoms with Crippen LogP contribution in [0.4, 0.5) is 0 Å². The SMILES string of the molecule is COCCCC(=O)N[C@@H](c1ccc2c(c1)OCCO2)C(C)C. The molecule has 1 amide bonds. The van der Waals surface area contributed by atoms with Gasteiger partial charge in [0.05, 0.1) is 6.04 Å². The van der Waals surface area contributed by atoms with Crippen molar-refractivity contribution in [3.05, 3.63) is 23.8 Å². The maximum atomic E-state index is 12.1. The van der Waals surface area contributed by atoms with E-state index in [1.165, 1.54) is 0 Å². The molecule has 0 saturated heterocycles. The van der Waals surface area contributed by atoms with Crippen molar-refractivity contribution in [2.45, 2.75) is 32.7 Å². The van der Waals surface area contributed by atoms with E-state index >= 15 is 0 Å². The summed E-state index contributed by atoms with van der Waals surface area (Å²) < 4.78 is 16.1. The Bertz CT molecular complexity index is 501. The molecule has 5 heteroatoms. The van der Waals surface area contributed by atoms with Crippen LogP contribution in [0, 0.1) is 5.92 Å². The highest BCUT2D eigenvalue weighted by molar-refractivity contribution is 5.76. The standard InChI is InChI=1S/C17H25NO4/c1-12(2)17(18-16(19)5-4-8-20-3)13-6-7-14-15(11-13)22-10-9-21-14/h6-7,11-12,17H,4-5,8-10H2,1-3H3,(H,18,19)/t17-/m1/s1. The van der Waals surface area contributed by atoms with Crippen molar-refractivity contribution in [3.8, 4) is 11.5 Å². The van der Waals surface area contributed by atoms with Gasteiger partial charge in [-0.2, -0.15) is 0 Å². The van der Waals surface area contributed by atoms with Crippen LogP contribution < -0.4 is 14.8 Å². The topological polar surface area (TPSA) is 56.8 Å². The number of rotatable bonds is 7. The molecule has 0 saturated carbocycles. The summed E-state index contributed by atoms with van der Waals surface area (Å²) in [6.45, 7) is 5.93. The zero-order chi connectivity index (χ0) is 15.9. The third-order valence-corrected chi connectivity index (χ3v) is 3.66. The van der Waals surface area contributed by atoms with E-state index in [0.29, 0.717) is 26.2 Å². The van der Waals surface area contributed by atoms with Gasteiger partial charge in [-0.15, -0.1) is 0 Å². The minimum Gasteiger partial charge on any atom is -0.486 e. The van der Waals surface area contributed by atoms with E-state index in [9.17, 15) is 4.79 Å². The van der Waals surface area contributed by atoms with Gasteiger partial charge in [0.2, 0.25) is 5.91 Å². The van der Waals surface area contributed by atoms with Crippen LogP contribution in [0.2, 0.25) is 0 Å². The number of ether oxygens (including phenoxy) is 3. The second kappa shape index (κ2) is 8.03. The Balaban J connectivity index is 2.06. The zero-order valence-electron chi connectivity index (χ0n) is 13.6. The first-order valence-electron chi connectivity index (χ1n) is 7.79. The fraction of sp³-hybridized carbons (Fsp3) is 0.588. The highest BCUT2D eigenvalue weighted by atomic mass is 16.6. The number of methoxy groups -OCH3 is 1. The van der Waals surface area contributed by atoms with Crippen LogP contribution in [0.5, 0.6) is 11.5 Å². The van der Waals surface area contributed by atoms with Gasteiger partial charge in [-0.3, -0.25) is 4.79 Å². The molecule has 22 heavy (non-hydrogen) atoms. The third kappa shape index (κ3) is 4.37. The highest BCUT2D eigenvalue weighted by Crippen LogP contribution is 2.34. The Hall–Kier alpha value is -1.75. The molecule has 0 aromatic heterocycles. The largest absolute Gasteiger partial charge is 0.486 e. The summed E-state index contributed by atoms with van der Waals surface area (Å²) >= 11 is 0. The van der Waals surface area contributed by atoms with Gasteiger partial charge in [0.25, 0.3) is 0 Å². The fourth-order valence-corrected chi connectivity index (χ4v) is 2.51. The average molecular weight is 307 g/mol. The summed E-state index contributed by atoms with van der Waals surface area (Å²) in [5.74, 6) is 1.85. The van der Waals surface area contributed by atoms with E-state index in [1.807, 2.05) is 18.2 Å². The summed E-state index contributed by atoms with van der Waals surface area (Å²) in [6, 6.07) is 5.84. The van der Waals surface area contributed by atoms with Gasteiger partial charge < -0.3 is 19.5 Å². The summed E-state index contributed by atoms with van der Waals surface area (Å²) in [4.78, 5) is 12.1. The minimum atomic E-state index is -0.0362. The van der Waals surface area contributed by atoms with E-state index in [-0.39, 0.29) is 17.9 Å². The van der Waals surface area contributed by atoms with Crippen molar-refractivity contribution in [3.63, 3.8) is 0 Å². The first kappa shape index (κ1) is 16.6. The van der Waals surface area contributed by atoms with E-state index < -0.39 is 0 Å². The summed E-state index contributed by atoms with van der Waals surface area (Å²) in [6.07, 6.45) is 1.20. The average Bonchev–Trinajstić information content (AvgIpc) is 2.52. The van der Waals surface area contributed by atoms with Crippen LogP contribution in [0.1, 0.15) is 38.3 Å². The maximum absolute atomic E-state index is 12.1. The number of benzene rings is 1. The molecular weight excluding hydrogens is 282 g/mol. The molecule has 1 atom stereocenters. The van der Waals surface area contributed by atoms with Gasteiger partial charge in [0.1, 0.15) is 13.2 Å². The maximum Gasteiger partial charge on any atom is 0.220 e. The number of carbonyl (C=O) groups is 1. The Morgan fingerprint density at radius 1 is 1.27 bits per heavy atom. The first-order chi connectivity index (χ1) is 10.6. The molecule has 1 aliphatic heterocycles. The lowest BCUT2D eigenvalue weighted by Gasteiger charge is -2.25. The van der Waals surface area contributed by atoms with Gasteiger partial charge in [-0.05, 0) is 30.0 Å². The van der Waals surface area contributed by atoms with Crippen molar-refractivity contribution in [2.75, 3.05) is 26.9 Å². The first-order valence-corrected chi connectivity index (χ1v) is 7.79. The summed E-state index contributed by atoms with van der Waals surface area (Å²) in [5, 5.41) is 3.11. The molecule has 0 radical (unpaired) electrons. The molecule has 1 aliphatic rings. The molecule has 2 rings (SSSR count). The monoisotopic (exact) mass is 307 g/mol. The molecule has 0 fully saturated rings. The second-order valence-electron chi connectivity index (χ2n) is 5.79. The highest BCUT2D eigenvalue weighted by Gasteiger charge is 2.21. The van der Waals surface area contributed by atoms with Crippen LogP contribution in [0.3, 0.4) is 0 Å². The molecule has 1 aromatic carbocycles. The molecule has 0 aliphatic carbocycles. The van der Waals surface area contributed by atoms with Crippen LogP contribution in [0.15, 0.2) is 18.2 Å². The summed E-state index contributed by atoms with van der Waals surface area (Å²) in [7, 11) is 1.64. The number of amides is 1. The molecule has 0 bridgehead atoms. The van der Waals surface area contributed by atoms with Crippen molar-refractivity contribution < 1.29 is 19.0 Å². The predicted molar refractivity (Wildman–Crippen MR) is 84.3 cm³/mol. The summed E-state index contributed by atoms with van der Waals surface area (Å²) in [5.41, 5.74) is 1.04. The van der Waals surface area contributed by atoms with E-state index in [4.69, 9.17) is 14.2 Å². The lowest BCUT2D eigenvalue weighted by atomic mass is 9.95. The van der Waals surface area contributed by atoms with E-state index in [0.717, 1.165) is 23.5 Å². The third-order valence-electron chi connectivity index (χ3n) is 3.66. The van der Waals surface area contributed by atoms with Gasteiger partial charge in [0, 0.05) is 20.1 Å². The molecule has 1 heterocycles. The van der Waals surface area contributed by atoms with E-state index in [1.54, 1.807) is 7.11 Å². The molecule has 122 valence electrons. The fourth-order valence-electron chi connectivity index (χ4n) is 2.51. The number of nitrogens with one attached hydrogen (secondary N) is 1. The minimum absolute atomic E-state index is 0.0362. The predicted octanol–water partition coefficient (Wildman–Crippen LogP) is 2.70. The van der Waals surface area contributed by atoms with Gasteiger partial charge in [-0.25, -0.2) is 0 Å². The van der Waals surface area contributed by atoms with Crippen molar-refractivity contribution >= 4 is 5.91 Å². The van der Waals surface area contributed by atoms with Crippen LogP contribution in [-0.2, 0) is 9.53 Å². The van der Waals surface area contributed by atoms with Crippen LogP contribution in [-0.4, -0.2) is 32.8 Å². The molecule has 1 N–H and O–H groups in total. The lowest BCUT2D eigenvalue weighted by molar-refractivity contribution is -0.122. The number of fused-ring (bicyclic) bond motifs is 1. The van der Waals surface area contributed by atoms with Gasteiger partial charge in [-0.1, -0.05) is 19.9 Å². The normalized spacial score (nSPS) is 14.7. The Morgan fingerprint density at radius 3 is 2.68 bits per heavy atom. The number of carbonyl (C=O) groups excluding carboxylic acids is 1. The smallest absolute Gasteiger partial charge is 0.220 e. The van der Waals surface area contributed by atoms with Crippen LogP contribution >= 0.6 is 0 Å². The molecule has 0 unspecified atom stereocenters. The number of hydrogen-bond donors (Lipinski definition) is 1. The molecule has 1 aromatic rings. The van der Waals surface area contributed by atoms with Crippen molar-refractivity contribution in [2.24, 2.45) is 5.92 Å². The Kier molecular flexibility index (Phi) is 6.07. The zero-order valence-corrected chi connectivity index (χ0v) is 13.6. The van der Waals surface area contributed by atoms with Gasteiger partial charge in [0.15, 0.2) is 11.5 Å². The second-order valence-corrected chi connectivity index (χ2v) is 5.79. The number of hydrogen-bond acceptors (Lipinski definition) is 4. The van der Waals surface area contributed by atoms with E-state index in [2.05, 4.69) is 19.2 Å². The lowest BCUT2D eigenvalue weighted by Crippen LogP contribution is -2.31. The van der Waals surface area contributed by atoms with Crippen molar-refractivity contribution in [1.29, 1.82) is 0 Å². The van der Waals surface area contributed by atoms with Crippen LogP contribution in [0.25, 0.3) is 0 Å².